The third kappa shape index (κ3) is 3.13. The minimum Gasteiger partial charge on any atom is -0.399 e. The third-order valence-corrected chi connectivity index (χ3v) is 3.99. The Morgan fingerprint density at radius 1 is 1.05 bits per heavy atom. The molecule has 110 valence electrons. The molecule has 1 aromatic carbocycles. The second-order valence-corrected chi connectivity index (χ2v) is 6.59. The summed E-state index contributed by atoms with van der Waals surface area (Å²) in [5.41, 5.74) is -0.225. The van der Waals surface area contributed by atoms with Gasteiger partial charge in [-0.2, -0.15) is 8.42 Å². The highest BCUT2D eigenvalue weighted by molar-refractivity contribution is 7.81. The van der Waals surface area contributed by atoms with Crippen molar-refractivity contribution in [2.45, 2.75) is 38.9 Å². The maximum atomic E-state index is 12.4. The van der Waals surface area contributed by atoms with E-state index in [1.807, 2.05) is 27.7 Å². The van der Waals surface area contributed by atoms with Gasteiger partial charge < -0.3 is 13.5 Å². The largest absolute Gasteiger partial charge is 0.494 e. The van der Waals surface area contributed by atoms with Crippen molar-refractivity contribution in [3.8, 4) is 5.75 Å². The average molecular weight is 302 g/mol. The Morgan fingerprint density at radius 3 is 1.90 bits per heavy atom. The zero-order valence-electron chi connectivity index (χ0n) is 11.7. The van der Waals surface area contributed by atoms with Crippen molar-refractivity contribution in [3.63, 3.8) is 0 Å². The van der Waals surface area contributed by atoms with Gasteiger partial charge in [-0.05, 0) is 45.3 Å². The zero-order valence-corrected chi connectivity index (χ0v) is 12.5. The lowest BCUT2D eigenvalue weighted by atomic mass is 9.79. The molecule has 1 aliphatic rings. The number of benzene rings is 1. The number of hydrogen-bond donors (Lipinski definition) is 0. The minimum absolute atomic E-state index is 0.104. The van der Waals surface area contributed by atoms with Crippen molar-refractivity contribution in [2.24, 2.45) is 0 Å². The molecule has 8 heteroatoms. The lowest BCUT2D eigenvalue weighted by Gasteiger charge is -2.32. The Kier molecular flexibility index (Phi) is 3.60. The summed E-state index contributed by atoms with van der Waals surface area (Å²) in [7, 11) is -5.57. The molecule has 0 spiro atoms. The Balaban J connectivity index is 2.16. The van der Waals surface area contributed by atoms with Crippen molar-refractivity contribution < 1.29 is 25.8 Å². The highest BCUT2D eigenvalue weighted by atomic mass is 32.3. The normalized spacial score (nSPS) is 20.9. The molecular weight excluding hydrogens is 286 g/mol. The van der Waals surface area contributed by atoms with Gasteiger partial charge in [0.1, 0.15) is 5.75 Å². The first kappa shape index (κ1) is 15.3. The average Bonchev–Trinajstić information content (AvgIpc) is 2.47. The molecule has 0 N–H and O–H groups in total. The Labute approximate surface area is 118 Å². The summed E-state index contributed by atoms with van der Waals surface area (Å²) in [6, 6.07) is 5.83. The van der Waals surface area contributed by atoms with E-state index in [1.165, 1.54) is 12.1 Å². The maximum Gasteiger partial charge on any atom is 0.494 e. The third-order valence-electron chi connectivity index (χ3n) is 3.60. The molecule has 20 heavy (non-hydrogen) atoms. The van der Waals surface area contributed by atoms with Crippen molar-refractivity contribution in [3.05, 3.63) is 24.3 Å². The molecule has 1 saturated heterocycles. The van der Waals surface area contributed by atoms with E-state index in [-0.39, 0.29) is 5.75 Å². The van der Waals surface area contributed by atoms with E-state index in [1.54, 1.807) is 12.1 Å². The summed E-state index contributed by atoms with van der Waals surface area (Å²) >= 11 is 0. The van der Waals surface area contributed by atoms with Crippen LogP contribution in [0, 0.1) is 0 Å². The Hall–Kier alpha value is -1.12. The highest BCUT2D eigenvalue weighted by Gasteiger charge is 2.51. The van der Waals surface area contributed by atoms with Crippen LogP contribution in [0.15, 0.2) is 24.3 Å². The van der Waals surface area contributed by atoms with Gasteiger partial charge >= 0.3 is 17.6 Å². The Bertz CT molecular complexity index is 581. The molecule has 0 bridgehead atoms. The van der Waals surface area contributed by atoms with Crippen molar-refractivity contribution >= 4 is 23.1 Å². The van der Waals surface area contributed by atoms with Crippen molar-refractivity contribution in [1.82, 2.24) is 0 Å². The van der Waals surface area contributed by atoms with Crippen molar-refractivity contribution in [1.29, 1.82) is 0 Å². The van der Waals surface area contributed by atoms with E-state index in [0.717, 1.165) is 0 Å². The second kappa shape index (κ2) is 4.72. The summed E-state index contributed by atoms with van der Waals surface area (Å²) in [6.45, 7) is 7.72. The van der Waals surface area contributed by atoms with Gasteiger partial charge in [-0.25, -0.2) is 0 Å². The van der Waals surface area contributed by atoms with Crippen LogP contribution >= 0.6 is 0 Å². The summed E-state index contributed by atoms with van der Waals surface area (Å²) < 4.78 is 48.9. The summed E-state index contributed by atoms with van der Waals surface area (Å²) in [5, 5.41) is 0. The van der Waals surface area contributed by atoms with Crippen LogP contribution in [0.5, 0.6) is 5.75 Å². The SMILES string of the molecule is CC1(C)OB(c2ccc(OS(=O)(=O)F)cc2)OC1(C)C. The van der Waals surface area contributed by atoms with Gasteiger partial charge in [-0.3, -0.25) is 0 Å². The van der Waals surface area contributed by atoms with E-state index in [2.05, 4.69) is 4.18 Å². The highest BCUT2D eigenvalue weighted by Crippen LogP contribution is 2.36. The van der Waals surface area contributed by atoms with Gasteiger partial charge in [0.15, 0.2) is 0 Å². The summed E-state index contributed by atoms with van der Waals surface area (Å²) in [4.78, 5) is 0. The van der Waals surface area contributed by atoms with E-state index >= 15 is 0 Å². The standard InChI is InChI=1S/C12H16BFO5S/c1-11(2)12(3,4)19-13(18-11)9-5-7-10(8-6-9)17-20(14,15)16/h5-8H,1-4H3. The lowest BCUT2D eigenvalue weighted by Crippen LogP contribution is -2.41. The number of hydrogen-bond acceptors (Lipinski definition) is 5. The second-order valence-electron chi connectivity index (χ2n) is 5.63. The number of halogens is 1. The van der Waals surface area contributed by atoms with Gasteiger partial charge in [0.25, 0.3) is 0 Å². The molecule has 0 atom stereocenters. The molecule has 2 rings (SSSR count). The fourth-order valence-corrected chi connectivity index (χ4v) is 2.12. The first-order valence-corrected chi connectivity index (χ1v) is 7.41. The molecule has 0 amide bonds. The van der Waals surface area contributed by atoms with Crippen LogP contribution in [0.2, 0.25) is 0 Å². The van der Waals surface area contributed by atoms with E-state index in [4.69, 9.17) is 9.31 Å². The van der Waals surface area contributed by atoms with Crippen LogP contribution in [-0.2, 0) is 19.8 Å². The molecule has 0 saturated carbocycles. The fourth-order valence-electron chi connectivity index (χ4n) is 1.77. The van der Waals surface area contributed by atoms with Crippen LogP contribution in [0.4, 0.5) is 3.89 Å². The molecule has 1 fully saturated rings. The molecule has 5 nitrogen and oxygen atoms in total. The smallest absolute Gasteiger partial charge is 0.399 e. The predicted molar refractivity (Wildman–Crippen MR) is 72.8 cm³/mol. The first-order valence-electron chi connectivity index (χ1n) is 6.10. The van der Waals surface area contributed by atoms with Gasteiger partial charge in [0.2, 0.25) is 0 Å². The quantitative estimate of drug-likeness (QED) is 0.626. The predicted octanol–water partition coefficient (Wildman–Crippen LogP) is 1.58. The van der Waals surface area contributed by atoms with Gasteiger partial charge in [-0.1, -0.05) is 16.0 Å². The molecule has 0 aliphatic carbocycles. The van der Waals surface area contributed by atoms with Crippen LogP contribution in [0.3, 0.4) is 0 Å². The Morgan fingerprint density at radius 2 is 1.50 bits per heavy atom. The van der Waals surface area contributed by atoms with Crippen molar-refractivity contribution in [2.75, 3.05) is 0 Å². The molecule has 0 aromatic heterocycles. The molecular formula is C12H16BFO5S. The fraction of sp³-hybridized carbons (Fsp3) is 0.500. The van der Waals surface area contributed by atoms with Crippen LogP contribution < -0.4 is 9.65 Å². The molecule has 1 aliphatic heterocycles. The number of rotatable bonds is 3. The summed E-state index contributed by atoms with van der Waals surface area (Å²) in [5.74, 6) is -0.104. The van der Waals surface area contributed by atoms with Gasteiger partial charge in [-0.15, -0.1) is 0 Å². The van der Waals surface area contributed by atoms with Gasteiger partial charge in [0, 0.05) is 0 Å². The van der Waals surface area contributed by atoms with Crippen LogP contribution in [-0.4, -0.2) is 26.7 Å². The van der Waals surface area contributed by atoms with Crippen LogP contribution in [0.1, 0.15) is 27.7 Å². The summed E-state index contributed by atoms with van der Waals surface area (Å²) in [6.07, 6.45) is 0. The monoisotopic (exact) mass is 302 g/mol. The van der Waals surface area contributed by atoms with E-state index in [9.17, 15) is 12.3 Å². The lowest BCUT2D eigenvalue weighted by molar-refractivity contribution is 0.00578. The minimum atomic E-state index is -5.01. The maximum absolute atomic E-state index is 12.4. The van der Waals surface area contributed by atoms with Crippen LogP contribution in [0.25, 0.3) is 0 Å². The molecule has 0 unspecified atom stereocenters. The molecule has 1 aromatic rings. The molecule has 1 heterocycles. The first-order chi connectivity index (χ1) is 9.00. The topological polar surface area (TPSA) is 61.8 Å². The van der Waals surface area contributed by atoms with Gasteiger partial charge in [0.05, 0.1) is 11.2 Å². The molecule has 0 radical (unpaired) electrons. The zero-order chi connectivity index (χ0) is 15.2. The van der Waals surface area contributed by atoms with E-state index in [0.29, 0.717) is 5.46 Å². The van der Waals surface area contributed by atoms with E-state index < -0.39 is 28.8 Å².